The van der Waals surface area contributed by atoms with Crippen LogP contribution >= 0.6 is 23.2 Å². The van der Waals surface area contributed by atoms with Gasteiger partial charge in [-0.25, -0.2) is 4.98 Å². The minimum atomic E-state index is -0.233. The van der Waals surface area contributed by atoms with E-state index in [1.807, 2.05) is 12.1 Å². The van der Waals surface area contributed by atoms with Gasteiger partial charge in [0.15, 0.2) is 6.61 Å². The van der Waals surface area contributed by atoms with E-state index in [1.54, 1.807) is 40.9 Å². The van der Waals surface area contributed by atoms with Crippen molar-refractivity contribution < 1.29 is 9.53 Å². The molecule has 0 spiro atoms. The number of aromatic nitrogens is 2. The van der Waals surface area contributed by atoms with E-state index in [1.165, 1.54) is 0 Å². The number of benzene rings is 1. The highest BCUT2D eigenvalue weighted by Crippen LogP contribution is 2.15. The monoisotopic (exact) mass is 349 g/mol. The van der Waals surface area contributed by atoms with Crippen LogP contribution in [-0.2, 0) is 11.3 Å². The molecule has 2 heterocycles. The van der Waals surface area contributed by atoms with Gasteiger partial charge in [0, 0.05) is 11.2 Å². The summed E-state index contributed by atoms with van der Waals surface area (Å²) in [5.74, 6) is 0.354. The first-order chi connectivity index (χ1) is 11.1. The highest BCUT2D eigenvalue weighted by atomic mass is 35.5. The van der Waals surface area contributed by atoms with E-state index in [9.17, 15) is 4.79 Å². The number of carbonyl (C=O) groups excluding carboxylic acids is 1. The fourth-order valence-electron chi connectivity index (χ4n) is 2.03. The number of halogens is 2. The van der Waals surface area contributed by atoms with E-state index in [-0.39, 0.29) is 12.5 Å². The second-order valence-corrected chi connectivity index (χ2v) is 5.65. The first-order valence-corrected chi connectivity index (χ1v) is 7.65. The topological polar surface area (TPSA) is 55.6 Å². The van der Waals surface area contributed by atoms with Gasteiger partial charge in [-0.05, 0) is 36.4 Å². The number of rotatable bonds is 5. The molecule has 118 valence electrons. The van der Waals surface area contributed by atoms with Gasteiger partial charge < -0.3 is 10.1 Å². The Hall–Kier alpha value is -2.24. The number of ether oxygens (including phenoxy) is 1. The van der Waals surface area contributed by atoms with E-state index < -0.39 is 0 Å². The Morgan fingerprint density at radius 3 is 2.70 bits per heavy atom. The Bertz CT molecular complexity index is 831. The van der Waals surface area contributed by atoms with Crippen LogP contribution in [0.2, 0.25) is 10.2 Å². The molecule has 0 saturated heterocycles. The second kappa shape index (κ2) is 6.89. The minimum absolute atomic E-state index is 0.0737. The lowest BCUT2D eigenvalue weighted by Gasteiger charge is -2.06. The molecule has 1 N–H and O–H groups in total. The number of hydrogen-bond acceptors (Lipinski definition) is 3. The fourth-order valence-corrected chi connectivity index (χ4v) is 2.37. The first kappa shape index (κ1) is 15.6. The summed E-state index contributed by atoms with van der Waals surface area (Å²) in [6.07, 6.45) is 1.79. The van der Waals surface area contributed by atoms with Crippen molar-refractivity contribution in [1.82, 2.24) is 14.7 Å². The molecule has 7 heteroatoms. The van der Waals surface area contributed by atoms with Gasteiger partial charge in [-0.1, -0.05) is 29.3 Å². The summed E-state index contributed by atoms with van der Waals surface area (Å²) in [7, 11) is 0. The van der Waals surface area contributed by atoms with E-state index in [2.05, 4.69) is 10.3 Å². The smallest absolute Gasteiger partial charge is 0.258 e. The van der Waals surface area contributed by atoms with Crippen molar-refractivity contribution in [2.75, 3.05) is 6.61 Å². The Labute approximate surface area is 142 Å². The third-order valence-corrected chi connectivity index (χ3v) is 3.70. The molecule has 0 saturated carbocycles. The zero-order valence-corrected chi connectivity index (χ0v) is 13.5. The van der Waals surface area contributed by atoms with Gasteiger partial charge in [-0.2, -0.15) is 0 Å². The molecular weight excluding hydrogens is 337 g/mol. The molecule has 1 aromatic carbocycles. The van der Waals surface area contributed by atoms with Crippen LogP contribution in [0.25, 0.3) is 5.65 Å². The highest BCUT2D eigenvalue weighted by molar-refractivity contribution is 6.30. The molecule has 0 aliphatic carbocycles. The zero-order valence-electron chi connectivity index (χ0n) is 12.0. The molecule has 3 aromatic rings. The Kier molecular flexibility index (Phi) is 4.69. The average Bonchev–Trinajstić information content (AvgIpc) is 2.97. The van der Waals surface area contributed by atoms with E-state index in [0.717, 1.165) is 11.3 Å². The number of nitrogens with zero attached hydrogens (tertiary/aromatic N) is 2. The van der Waals surface area contributed by atoms with Gasteiger partial charge in [0.1, 0.15) is 16.5 Å². The van der Waals surface area contributed by atoms with Crippen molar-refractivity contribution >= 4 is 34.8 Å². The summed E-state index contributed by atoms with van der Waals surface area (Å²) in [6, 6.07) is 12.3. The predicted octanol–water partition coefficient (Wildman–Crippen LogP) is 3.34. The molecule has 1 amide bonds. The molecule has 5 nitrogen and oxygen atoms in total. The molecule has 0 bridgehead atoms. The van der Waals surface area contributed by atoms with Crippen LogP contribution in [0, 0.1) is 0 Å². The minimum Gasteiger partial charge on any atom is -0.484 e. The van der Waals surface area contributed by atoms with Crippen molar-refractivity contribution in [3.05, 3.63) is 64.5 Å². The fraction of sp³-hybridized carbons (Fsp3) is 0.125. The predicted molar refractivity (Wildman–Crippen MR) is 89.0 cm³/mol. The number of hydrogen-bond donors (Lipinski definition) is 1. The summed E-state index contributed by atoms with van der Waals surface area (Å²) in [5.41, 5.74) is 1.46. The van der Waals surface area contributed by atoms with Crippen molar-refractivity contribution in [3.63, 3.8) is 0 Å². The maximum atomic E-state index is 11.8. The van der Waals surface area contributed by atoms with Crippen molar-refractivity contribution in [2.24, 2.45) is 0 Å². The molecule has 0 unspecified atom stereocenters. The zero-order chi connectivity index (χ0) is 16.2. The summed E-state index contributed by atoms with van der Waals surface area (Å²) >= 11 is 11.9. The van der Waals surface area contributed by atoms with Crippen LogP contribution < -0.4 is 10.1 Å². The first-order valence-electron chi connectivity index (χ1n) is 6.89. The average molecular weight is 350 g/mol. The van der Waals surface area contributed by atoms with Crippen LogP contribution in [0.5, 0.6) is 5.75 Å². The lowest BCUT2D eigenvalue weighted by molar-refractivity contribution is -0.123. The lowest BCUT2D eigenvalue weighted by atomic mass is 10.3. The SMILES string of the molecule is O=C(COc1ccc(Cl)cc1)NCc1cn2c(Cl)cccc2n1. The molecule has 0 aliphatic rings. The standard InChI is InChI=1S/C16H13Cl2N3O2/c17-11-4-6-13(7-5-11)23-10-16(22)19-8-12-9-21-14(18)2-1-3-15(21)20-12/h1-7,9H,8,10H2,(H,19,22). The molecule has 0 aliphatic heterocycles. The quantitative estimate of drug-likeness (QED) is 0.718. The van der Waals surface area contributed by atoms with Gasteiger partial charge in [-0.3, -0.25) is 9.20 Å². The number of pyridine rings is 1. The summed E-state index contributed by atoms with van der Waals surface area (Å²) < 4.78 is 7.13. The van der Waals surface area contributed by atoms with E-state index in [4.69, 9.17) is 27.9 Å². The maximum Gasteiger partial charge on any atom is 0.258 e. The molecular formula is C16H13Cl2N3O2. The van der Waals surface area contributed by atoms with Crippen LogP contribution in [0.15, 0.2) is 48.7 Å². The molecule has 23 heavy (non-hydrogen) atoms. The number of imidazole rings is 1. The lowest BCUT2D eigenvalue weighted by Crippen LogP contribution is -2.28. The van der Waals surface area contributed by atoms with E-state index >= 15 is 0 Å². The largest absolute Gasteiger partial charge is 0.484 e. The van der Waals surface area contributed by atoms with Crippen LogP contribution in [-0.4, -0.2) is 21.9 Å². The second-order valence-electron chi connectivity index (χ2n) is 4.83. The Morgan fingerprint density at radius 1 is 1.17 bits per heavy atom. The highest BCUT2D eigenvalue weighted by Gasteiger charge is 2.07. The number of amides is 1. The molecule has 0 atom stereocenters. The molecule has 3 rings (SSSR count). The van der Waals surface area contributed by atoms with Gasteiger partial charge in [0.05, 0.1) is 12.2 Å². The number of fused-ring (bicyclic) bond motifs is 1. The van der Waals surface area contributed by atoms with Crippen LogP contribution in [0.1, 0.15) is 5.69 Å². The third kappa shape index (κ3) is 3.94. The molecule has 0 fully saturated rings. The molecule has 2 aromatic heterocycles. The van der Waals surface area contributed by atoms with Gasteiger partial charge in [-0.15, -0.1) is 0 Å². The Balaban J connectivity index is 1.53. The van der Waals surface area contributed by atoms with Crippen molar-refractivity contribution in [2.45, 2.75) is 6.54 Å². The van der Waals surface area contributed by atoms with Crippen molar-refractivity contribution in [1.29, 1.82) is 0 Å². The van der Waals surface area contributed by atoms with Crippen LogP contribution in [0.4, 0.5) is 0 Å². The third-order valence-electron chi connectivity index (χ3n) is 3.14. The van der Waals surface area contributed by atoms with Gasteiger partial charge in [0.2, 0.25) is 0 Å². The Morgan fingerprint density at radius 2 is 1.96 bits per heavy atom. The van der Waals surface area contributed by atoms with E-state index in [0.29, 0.717) is 22.5 Å². The summed E-state index contributed by atoms with van der Waals surface area (Å²) in [5, 5.41) is 3.94. The normalized spacial score (nSPS) is 10.7. The summed E-state index contributed by atoms with van der Waals surface area (Å²) in [4.78, 5) is 16.2. The van der Waals surface area contributed by atoms with Crippen LogP contribution in [0.3, 0.4) is 0 Å². The maximum absolute atomic E-state index is 11.8. The van der Waals surface area contributed by atoms with Crippen molar-refractivity contribution in [3.8, 4) is 5.75 Å². The summed E-state index contributed by atoms with van der Waals surface area (Å²) in [6.45, 7) is 0.233. The van der Waals surface area contributed by atoms with Gasteiger partial charge in [0.25, 0.3) is 5.91 Å². The molecule has 0 radical (unpaired) electrons. The number of carbonyl (C=O) groups is 1. The number of nitrogens with one attached hydrogen (secondary N) is 1. The van der Waals surface area contributed by atoms with Gasteiger partial charge >= 0.3 is 0 Å².